The molecule has 1 heterocycles. The maximum Gasteiger partial charge on any atom is 0.186 e. The quantitative estimate of drug-likeness (QED) is 0.472. The average molecular weight is 477 g/mol. The summed E-state index contributed by atoms with van der Waals surface area (Å²) < 4.78 is 31.4. The standard InChI is InChI=1S/C29H32O6/c1-31-28-26(33-19-22-13-7-3-8-14-22)25(32-18-21-11-5-2-6-12-21)27(29(35-28)17-24(29)30)34-20-23-15-9-4-10-16-23/h2-16,24-28,30H,17-20H2,1H3/t24?,25-,26+,27+,28+,29-/m1/s1. The van der Waals surface area contributed by atoms with E-state index in [-0.39, 0.29) is 0 Å². The van der Waals surface area contributed by atoms with Gasteiger partial charge in [0.2, 0.25) is 0 Å². The molecule has 0 radical (unpaired) electrons. The SMILES string of the molecule is CO[C@H]1O[C@@]2(CC2O)[C@@H](OCc2ccccc2)[C@H](OCc2ccccc2)[C@@H]1OCc1ccccc1. The Kier molecular flexibility index (Phi) is 7.58. The summed E-state index contributed by atoms with van der Waals surface area (Å²) in [6, 6.07) is 29.9. The Bertz CT molecular complexity index is 1050. The maximum absolute atomic E-state index is 10.7. The first-order chi connectivity index (χ1) is 17.2. The van der Waals surface area contributed by atoms with E-state index in [1.807, 2.05) is 91.0 Å². The van der Waals surface area contributed by atoms with Crippen LogP contribution in [0.5, 0.6) is 0 Å². The van der Waals surface area contributed by atoms with Crippen molar-refractivity contribution in [3.05, 3.63) is 108 Å². The van der Waals surface area contributed by atoms with Crippen molar-refractivity contribution in [2.75, 3.05) is 7.11 Å². The third-order valence-electron chi connectivity index (χ3n) is 6.70. The molecule has 1 unspecified atom stereocenters. The van der Waals surface area contributed by atoms with Crippen molar-refractivity contribution in [2.24, 2.45) is 0 Å². The first-order valence-electron chi connectivity index (χ1n) is 12.0. The van der Waals surface area contributed by atoms with Crippen molar-refractivity contribution in [3.8, 4) is 0 Å². The van der Waals surface area contributed by atoms with Gasteiger partial charge in [-0.1, -0.05) is 91.0 Å². The van der Waals surface area contributed by atoms with Crippen LogP contribution >= 0.6 is 0 Å². The molecule has 2 fully saturated rings. The van der Waals surface area contributed by atoms with Gasteiger partial charge in [-0.3, -0.25) is 0 Å². The minimum Gasteiger partial charge on any atom is -0.390 e. The van der Waals surface area contributed by atoms with Crippen molar-refractivity contribution in [1.29, 1.82) is 0 Å². The summed E-state index contributed by atoms with van der Waals surface area (Å²) in [5.41, 5.74) is 2.23. The van der Waals surface area contributed by atoms with Gasteiger partial charge >= 0.3 is 0 Å². The second kappa shape index (κ2) is 11.0. The molecule has 3 aromatic rings. The van der Waals surface area contributed by atoms with E-state index in [1.54, 1.807) is 7.11 Å². The zero-order valence-corrected chi connectivity index (χ0v) is 19.9. The molecular weight excluding hydrogens is 444 g/mol. The van der Waals surface area contributed by atoms with Crippen LogP contribution < -0.4 is 0 Å². The van der Waals surface area contributed by atoms with Gasteiger partial charge in [0.05, 0.1) is 25.9 Å². The molecule has 1 saturated heterocycles. The third kappa shape index (κ3) is 5.48. The van der Waals surface area contributed by atoms with Gasteiger partial charge in [0, 0.05) is 13.5 Å². The molecule has 6 heteroatoms. The van der Waals surface area contributed by atoms with Crippen LogP contribution in [0.4, 0.5) is 0 Å². The van der Waals surface area contributed by atoms with E-state index >= 15 is 0 Å². The topological polar surface area (TPSA) is 66.4 Å². The van der Waals surface area contributed by atoms with E-state index in [4.69, 9.17) is 23.7 Å². The number of hydrogen-bond donors (Lipinski definition) is 1. The molecule has 0 amide bonds. The van der Waals surface area contributed by atoms with Crippen molar-refractivity contribution in [2.45, 2.75) is 62.5 Å². The van der Waals surface area contributed by atoms with Gasteiger partial charge < -0.3 is 28.8 Å². The van der Waals surface area contributed by atoms with Gasteiger partial charge in [0.25, 0.3) is 0 Å². The van der Waals surface area contributed by atoms with Gasteiger partial charge in [-0.15, -0.1) is 0 Å². The summed E-state index contributed by atoms with van der Waals surface area (Å²) >= 11 is 0. The molecular formula is C29H32O6. The monoisotopic (exact) mass is 476 g/mol. The molecule has 6 atom stereocenters. The number of aliphatic hydroxyl groups excluding tert-OH is 1. The minimum atomic E-state index is -0.885. The van der Waals surface area contributed by atoms with E-state index in [9.17, 15) is 5.11 Å². The highest BCUT2D eigenvalue weighted by molar-refractivity contribution is 5.20. The number of methoxy groups -OCH3 is 1. The van der Waals surface area contributed by atoms with Crippen LogP contribution in [-0.2, 0) is 43.5 Å². The van der Waals surface area contributed by atoms with E-state index in [0.717, 1.165) is 16.7 Å². The van der Waals surface area contributed by atoms with Crippen molar-refractivity contribution >= 4 is 0 Å². The first kappa shape index (κ1) is 24.1. The van der Waals surface area contributed by atoms with Crippen molar-refractivity contribution < 1.29 is 28.8 Å². The van der Waals surface area contributed by atoms with Gasteiger partial charge in [0.1, 0.15) is 23.9 Å². The molecule has 3 aromatic carbocycles. The highest BCUT2D eigenvalue weighted by Gasteiger charge is 2.69. The van der Waals surface area contributed by atoms with Crippen LogP contribution in [0.1, 0.15) is 23.1 Å². The summed E-state index contributed by atoms with van der Waals surface area (Å²) in [6.45, 7) is 1.13. The number of hydrogen-bond acceptors (Lipinski definition) is 6. The van der Waals surface area contributed by atoms with Crippen LogP contribution in [-0.4, -0.2) is 48.5 Å². The van der Waals surface area contributed by atoms with Gasteiger partial charge in [-0.25, -0.2) is 0 Å². The lowest BCUT2D eigenvalue weighted by Gasteiger charge is -2.46. The molecule has 0 bridgehead atoms. The van der Waals surface area contributed by atoms with E-state index in [0.29, 0.717) is 26.2 Å². The second-order valence-electron chi connectivity index (χ2n) is 9.14. The van der Waals surface area contributed by atoms with Gasteiger partial charge in [-0.2, -0.15) is 0 Å². The van der Waals surface area contributed by atoms with Crippen LogP contribution in [0.15, 0.2) is 91.0 Å². The number of aliphatic hydroxyl groups is 1. The Hall–Kier alpha value is -2.58. The lowest BCUT2D eigenvalue weighted by molar-refractivity contribution is -0.331. The van der Waals surface area contributed by atoms with Crippen molar-refractivity contribution in [1.82, 2.24) is 0 Å². The van der Waals surface area contributed by atoms with Crippen LogP contribution in [0, 0.1) is 0 Å². The molecule has 1 N–H and O–H groups in total. The Balaban J connectivity index is 1.41. The Morgan fingerprint density at radius 2 is 1.14 bits per heavy atom. The fraction of sp³-hybridized carbons (Fsp3) is 0.379. The number of rotatable bonds is 10. The van der Waals surface area contributed by atoms with Crippen LogP contribution in [0.25, 0.3) is 0 Å². The van der Waals surface area contributed by atoms with Gasteiger partial charge in [-0.05, 0) is 16.7 Å². The fourth-order valence-corrected chi connectivity index (χ4v) is 4.70. The molecule has 1 aliphatic carbocycles. The molecule has 35 heavy (non-hydrogen) atoms. The molecule has 6 nitrogen and oxygen atoms in total. The predicted molar refractivity (Wildman–Crippen MR) is 130 cm³/mol. The Morgan fingerprint density at radius 1 is 0.714 bits per heavy atom. The molecule has 184 valence electrons. The van der Waals surface area contributed by atoms with Crippen LogP contribution in [0.3, 0.4) is 0 Å². The average Bonchev–Trinajstić information content (AvgIpc) is 3.56. The van der Waals surface area contributed by atoms with Gasteiger partial charge in [0.15, 0.2) is 6.29 Å². The fourth-order valence-electron chi connectivity index (χ4n) is 4.70. The lowest BCUT2D eigenvalue weighted by atomic mass is 9.95. The van der Waals surface area contributed by atoms with Crippen LogP contribution in [0.2, 0.25) is 0 Å². The smallest absolute Gasteiger partial charge is 0.186 e. The summed E-state index contributed by atoms with van der Waals surface area (Å²) in [4.78, 5) is 0. The van der Waals surface area contributed by atoms with E-state index < -0.39 is 36.3 Å². The van der Waals surface area contributed by atoms with E-state index in [1.165, 1.54) is 0 Å². The Morgan fingerprint density at radius 3 is 1.57 bits per heavy atom. The number of benzene rings is 3. The summed E-state index contributed by atoms with van der Waals surface area (Å²) in [6.07, 6.45) is -2.50. The molecule has 2 aliphatic rings. The van der Waals surface area contributed by atoms with Crippen molar-refractivity contribution in [3.63, 3.8) is 0 Å². The molecule has 5 rings (SSSR count). The van der Waals surface area contributed by atoms with E-state index in [2.05, 4.69) is 0 Å². The normalized spacial score (nSPS) is 29.8. The maximum atomic E-state index is 10.7. The number of ether oxygens (including phenoxy) is 5. The third-order valence-corrected chi connectivity index (χ3v) is 6.70. The zero-order valence-electron chi connectivity index (χ0n) is 19.9. The lowest BCUT2D eigenvalue weighted by Crippen LogP contribution is -2.62. The molecule has 1 aliphatic heterocycles. The zero-order chi connectivity index (χ0) is 24.1. The summed E-state index contributed by atoms with van der Waals surface area (Å²) in [7, 11) is 1.59. The molecule has 1 saturated carbocycles. The highest BCUT2D eigenvalue weighted by Crippen LogP contribution is 2.51. The molecule has 1 spiro atoms. The largest absolute Gasteiger partial charge is 0.390 e. The minimum absolute atomic E-state index is 0.373. The second-order valence-corrected chi connectivity index (χ2v) is 9.14. The Labute approximate surface area is 206 Å². The highest BCUT2D eigenvalue weighted by atomic mass is 16.7. The predicted octanol–water partition coefficient (Wildman–Crippen LogP) is 4.25. The first-order valence-corrected chi connectivity index (χ1v) is 12.0. The summed E-state index contributed by atoms with van der Waals surface area (Å²) in [5, 5.41) is 10.7. The summed E-state index contributed by atoms with van der Waals surface area (Å²) in [5.74, 6) is 0. The molecule has 0 aromatic heterocycles.